The van der Waals surface area contributed by atoms with Crippen molar-refractivity contribution in [2.24, 2.45) is 0 Å². The molecule has 0 unspecified atom stereocenters. The number of nitrogen functional groups attached to an aromatic ring is 1. The number of rotatable bonds is 6. The van der Waals surface area contributed by atoms with Gasteiger partial charge in [0, 0.05) is 19.6 Å². The highest BCUT2D eigenvalue weighted by molar-refractivity contribution is 5.68. The summed E-state index contributed by atoms with van der Waals surface area (Å²) in [5, 5.41) is 19.1. The van der Waals surface area contributed by atoms with E-state index in [1.165, 1.54) is 38.9 Å². The molecule has 1 aromatic rings. The van der Waals surface area contributed by atoms with Crippen LogP contribution in [0.1, 0.15) is 49.3 Å². The van der Waals surface area contributed by atoms with Crippen molar-refractivity contribution in [1.29, 1.82) is 10.5 Å². The van der Waals surface area contributed by atoms with Gasteiger partial charge in [0.25, 0.3) is 0 Å². The van der Waals surface area contributed by atoms with Gasteiger partial charge in [0.2, 0.25) is 0 Å². The van der Waals surface area contributed by atoms with Crippen LogP contribution in [0, 0.1) is 22.7 Å². The van der Waals surface area contributed by atoms with Gasteiger partial charge < -0.3 is 20.4 Å². The SMILES string of the molecule is CCc1c(C#N)c(N)nc(N2CCCN(CCCN3CCCC3)CC2)c1C#N. The van der Waals surface area contributed by atoms with E-state index in [1.54, 1.807) is 0 Å². The summed E-state index contributed by atoms with van der Waals surface area (Å²) < 4.78 is 0. The summed E-state index contributed by atoms with van der Waals surface area (Å²) >= 11 is 0. The lowest BCUT2D eigenvalue weighted by atomic mass is 10.0. The number of aromatic nitrogens is 1. The number of nitrogens with two attached hydrogens (primary N) is 1. The number of nitrogens with zero attached hydrogens (tertiary/aromatic N) is 6. The Balaban J connectivity index is 1.66. The van der Waals surface area contributed by atoms with Crippen LogP contribution in [0.2, 0.25) is 0 Å². The Hall–Kier alpha value is -2.35. The second-order valence-corrected chi connectivity index (χ2v) is 7.71. The van der Waals surface area contributed by atoms with Crippen LogP contribution < -0.4 is 10.6 Å². The van der Waals surface area contributed by atoms with Crippen molar-refractivity contribution in [2.45, 2.75) is 39.0 Å². The fourth-order valence-corrected chi connectivity index (χ4v) is 4.40. The number of likely N-dealkylation sites (tertiary alicyclic amines) is 1. The maximum atomic E-state index is 9.73. The van der Waals surface area contributed by atoms with E-state index in [9.17, 15) is 10.5 Å². The highest BCUT2D eigenvalue weighted by Crippen LogP contribution is 2.28. The van der Waals surface area contributed by atoms with Gasteiger partial charge in [0.05, 0.1) is 11.1 Å². The fraction of sp³-hybridized carbons (Fsp3) is 0.667. The second kappa shape index (κ2) is 9.73. The number of hydrogen-bond donors (Lipinski definition) is 1. The van der Waals surface area contributed by atoms with Crippen LogP contribution in [0.4, 0.5) is 11.6 Å². The van der Waals surface area contributed by atoms with E-state index in [-0.39, 0.29) is 5.82 Å². The molecule has 1 aromatic heterocycles. The molecule has 2 saturated heterocycles. The van der Waals surface area contributed by atoms with E-state index in [1.807, 2.05) is 6.92 Å². The first-order valence-corrected chi connectivity index (χ1v) is 10.5. The number of anilines is 2. The van der Waals surface area contributed by atoms with Crippen LogP contribution >= 0.6 is 0 Å². The lowest BCUT2D eigenvalue weighted by Crippen LogP contribution is -2.33. The second-order valence-electron chi connectivity index (χ2n) is 7.71. The molecule has 2 N–H and O–H groups in total. The highest BCUT2D eigenvalue weighted by atomic mass is 15.3. The zero-order valence-electron chi connectivity index (χ0n) is 17.0. The zero-order chi connectivity index (χ0) is 19.9. The summed E-state index contributed by atoms with van der Waals surface area (Å²) in [6.45, 7) is 10.5. The fourth-order valence-electron chi connectivity index (χ4n) is 4.40. The van der Waals surface area contributed by atoms with Crippen LogP contribution in [-0.4, -0.2) is 67.1 Å². The van der Waals surface area contributed by atoms with E-state index < -0.39 is 0 Å². The minimum absolute atomic E-state index is 0.236. The summed E-state index contributed by atoms with van der Waals surface area (Å²) in [5.74, 6) is 0.884. The van der Waals surface area contributed by atoms with Crippen molar-refractivity contribution in [1.82, 2.24) is 14.8 Å². The molecule has 7 nitrogen and oxygen atoms in total. The lowest BCUT2D eigenvalue weighted by Gasteiger charge is -2.25. The first-order chi connectivity index (χ1) is 13.7. The Kier molecular flexibility index (Phi) is 7.08. The first kappa shape index (κ1) is 20.4. The average Bonchev–Trinajstić information content (AvgIpc) is 3.11. The number of hydrogen-bond acceptors (Lipinski definition) is 7. The third-order valence-electron chi connectivity index (χ3n) is 5.92. The Bertz CT molecular complexity index is 755. The maximum Gasteiger partial charge on any atom is 0.149 e. The van der Waals surface area contributed by atoms with Gasteiger partial charge in [-0.05, 0) is 70.4 Å². The van der Waals surface area contributed by atoms with Gasteiger partial charge in [-0.15, -0.1) is 0 Å². The van der Waals surface area contributed by atoms with Crippen molar-refractivity contribution in [2.75, 3.05) is 63.0 Å². The summed E-state index contributed by atoms with van der Waals surface area (Å²) in [6, 6.07) is 4.40. The molecule has 28 heavy (non-hydrogen) atoms. The van der Waals surface area contributed by atoms with Gasteiger partial charge in [-0.25, -0.2) is 4.98 Å². The summed E-state index contributed by atoms with van der Waals surface area (Å²) in [4.78, 5) is 11.7. The smallest absolute Gasteiger partial charge is 0.149 e. The lowest BCUT2D eigenvalue weighted by molar-refractivity contribution is 0.257. The minimum atomic E-state index is 0.236. The normalized spacial score (nSPS) is 18.6. The van der Waals surface area contributed by atoms with E-state index >= 15 is 0 Å². The molecule has 3 rings (SSSR count). The molecule has 2 aliphatic heterocycles. The molecule has 150 valence electrons. The van der Waals surface area contributed by atoms with Crippen LogP contribution in [-0.2, 0) is 6.42 Å². The zero-order valence-corrected chi connectivity index (χ0v) is 17.0. The molecule has 0 aromatic carbocycles. The molecule has 2 fully saturated rings. The van der Waals surface area contributed by atoms with Crippen molar-refractivity contribution in [3.05, 3.63) is 16.7 Å². The Morgan fingerprint density at radius 2 is 1.54 bits per heavy atom. The molecule has 2 aliphatic rings. The van der Waals surface area contributed by atoms with E-state index in [0.29, 0.717) is 23.4 Å². The molecule has 0 aliphatic carbocycles. The molecule has 0 atom stereocenters. The number of nitriles is 2. The Morgan fingerprint density at radius 3 is 2.18 bits per heavy atom. The van der Waals surface area contributed by atoms with Gasteiger partial charge in [-0.1, -0.05) is 6.92 Å². The largest absolute Gasteiger partial charge is 0.383 e. The minimum Gasteiger partial charge on any atom is -0.383 e. The van der Waals surface area contributed by atoms with E-state index in [2.05, 4.69) is 31.8 Å². The molecular formula is C21H31N7. The number of pyridine rings is 1. The van der Waals surface area contributed by atoms with Gasteiger partial charge in [-0.3, -0.25) is 0 Å². The maximum absolute atomic E-state index is 9.73. The highest BCUT2D eigenvalue weighted by Gasteiger charge is 2.23. The van der Waals surface area contributed by atoms with Crippen LogP contribution in [0.15, 0.2) is 0 Å². The average molecular weight is 382 g/mol. The van der Waals surface area contributed by atoms with E-state index in [4.69, 9.17) is 5.73 Å². The Labute approximate surface area is 168 Å². The van der Waals surface area contributed by atoms with Gasteiger partial charge in [-0.2, -0.15) is 10.5 Å². The van der Waals surface area contributed by atoms with Crippen molar-refractivity contribution < 1.29 is 0 Å². The third-order valence-corrected chi connectivity index (χ3v) is 5.92. The van der Waals surface area contributed by atoms with Crippen molar-refractivity contribution >= 4 is 11.6 Å². The van der Waals surface area contributed by atoms with Crippen LogP contribution in [0.25, 0.3) is 0 Å². The molecule has 0 bridgehead atoms. The van der Waals surface area contributed by atoms with Gasteiger partial charge >= 0.3 is 0 Å². The van der Waals surface area contributed by atoms with Gasteiger partial charge in [0.15, 0.2) is 0 Å². The van der Waals surface area contributed by atoms with Crippen molar-refractivity contribution in [3.8, 4) is 12.1 Å². The molecule has 0 radical (unpaired) electrons. The van der Waals surface area contributed by atoms with Crippen molar-refractivity contribution in [3.63, 3.8) is 0 Å². The van der Waals surface area contributed by atoms with E-state index in [0.717, 1.165) is 44.7 Å². The molecular weight excluding hydrogens is 350 g/mol. The standard InChI is InChI=1S/C21H31N7/c1-2-17-18(15-22)20(24)25-21(19(17)16-23)28-12-6-11-27(13-14-28)10-5-9-26-7-3-4-8-26/h2-14H2,1H3,(H2,24,25). The molecule has 7 heteroatoms. The monoisotopic (exact) mass is 381 g/mol. The predicted octanol–water partition coefficient (Wildman–Crippen LogP) is 1.97. The molecule has 3 heterocycles. The quantitative estimate of drug-likeness (QED) is 0.804. The molecule has 0 saturated carbocycles. The van der Waals surface area contributed by atoms with Crippen LogP contribution in [0.5, 0.6) is 0 Å². The van der Waals surface area contributed by atoms with Gasteiger partial charge in [0.1, 0.15) is 23.8 Å². The topological polar surface area (TPSA) is 96.2 Å². The molecule has 0 amide bonds. The predicted molar refractivity (Wildman–Crippen MR) is 111 cm³/mol. The third kappa shape index (κ3) is 4.55. The molecule has 0 spiro atoms. The summed E-state index contributed by atoms with van der Waals surface area (Å²) in [6.07, 6.45) is 5.55. The summed E-state index contributed by atoms with van der Waals surface area (Å²) in [5.41, 5.74) is 7.63. The summed E-state index contributed by atoms with van der Waals surface area (Å²) in [7, 11) is 0. The first-order valence-electron chi connectivity index (χ1n) is 10.5. The Morgan fingerprint density at radius 1 is 0.893 bits per heavy atom. The van der Waals surface area contributed by atoms with Crippen LogP contribution in [0.3, 0.4) is 0 Å².